The number of aryl methyl sites for hydroxylation is 2. The van der Waals surface area contributed by atoms with Gasteiger partial charge in [-0.15, -0.1) is 0 Å². The van der Waals surface area contributed by atoms with E-state index in [0.29, 0.717) is 0 Å². The maximum absolute atomic E-state index is 3.53. The van der Waals surface area contributed by atoms with Gasteiger partial charge < -0.3 is 0 Å². The fourth-order valence-electron chi connectivity index (χ4n) is 1.16. The van der Waals surface area contributed by atoms with Crippen LogP contribution in [0.2, 0.25) is 0 Å². The first-order valence-electron chi connectivity index (χ1n) is 3.99. The zero-order chi connectivity index (χ0) is 8.27. The molecule has 0 aliphatic rings. The molecule has 0 unspecified atom stereocenters. The molecular weight excluding hydrogens is 200 g/mol. The van der Waals surface area contributed by atoms with Crippen LogP contribution in [0.4, 0.5) is 0 Å². The molecule has 0 radical (unpaired) electrons. The Bertz CT molecular complexity index is 241. The molecule has 0 aliphatic heterocycles. The predicted octanol–water partition coefficient (Wildman–Crippen LogP) is 3.71. The number of benzene rings is 1. The minimum absolute atomic E-state index is 1.17. The van der Waals surface area contributed by atoms with Crippen molar-refractivity contribution in [1.82, 2.24) is 0 Å². The van der Waals surface area contributed by atoms with Gasteiger partial charge in [0.2, 0.25) is 0 Å². The van der Waals surface area contributed by atoms with Gasteiger partial charge in [0.1, 0.15) is 0 Å². The normalized spacial score (nSPS) is 10.1. The minimum Gasteiger partial charge on any atom is -0.0651 e. The topological polar surface area (TPSA) is 0 Å². The van der Waals surface area contributed by atoms with Crippen LogP contribution in [-0.2, 0) is 6.42 Å². The fourth-order valence-corrected chi connectivity index (χ4v) is 1.61. The molecule has 60 valence electrons. The monoisotopic (exact) mass is 212 g/mol. The van der Waals surface area contributed by atoms with Crippen molar-refractivity contribution < 1.29 is 0 Å². The maximum atomic E-state index is 3.53. The van der Waals surface area contributed by atoms with Gasteiger partial charge in [0, 0.05) is 4.47 Å². The van der Waals surface area contributed by atoms with Gasteiger partial charge in [-0.1, -0.05) is 47.0 Å². The van der Waals surface area contributed by atoms with E-state index < -0.39 is 0 Å². The van der Waals surface area contributed by atoms with Gasteiger partial charge >= 0.3 is 0 Å². The van der Waals surface area contributed by atoms with E-state index >= 15 is 0 Å². The van der Waals surface area contributed by atoms with Crippen LogP contribution < -0.4 is 0 Å². The van der Waals surface area contributed by atoms with Crippen LogP contribution in [0.25, 0.3) is 0 Å². The van der Waals surface area contributed by atoms with Crippen molar-refractivity contribution in [3.05, 3.63) is 33.8 Å². The molecule has 0 amide bonds. The van der Waals surface area contributed by atoms with Gasteiger partial charge in [-0.2, -0.15) is 0 Å². The van der Waals surface area contributed by atoms with Crippen molar-refractivity contribution in [3.8, 4) is 0 Å². The molecule has 0 bridgehead atoms. The molecular formula is C10H13Br. The molecule has 0 aliphatic carbocycles. The van der Waals surface area contributed by atoms with Gasteiger partial charge in [-0.05, 0) is 25.0 Å². The third-order valence-corrected chi connectivity index (χ3v) is 2.49. The van der Waals surface area contributed by atoms with Crippen LogP contribution in [0.5, 0.6) is 0 Å². The van der Waals surface area contributed by atoms with Crippen LogP contribution in [-0.4, -0.2) is 0 Å². The van der Waals surface area contributed by atoms with E-state index in [1.54, 1.807) is 0 Å². The van der Waals surface area contributed by atoms with Crippen molar-refractivity contribution in [2.24, 2.45) is 0 Å². The molecule has 1 aromatic rings. The molecule has 1 rings (SSSR count). The lowest BCUT2D eigenvalue weighted by atomic mass is 10.1. The molecule has 0 spiro atoms. The van der Waals surface area contributed by atoms with Crippen LogP contribution in [0, 0.1) is 6.92 Å². The van der Waals surface area contributed by atoms with Gasteiger partial charge in [-0.3, -0.25) is 0 Å². The summed E-state index contributed by atoms with van der Waals surface area (Å²) < 4.78 is 1.24. The zero-order valence-electron chi connectivity index (χ0n) is 7.02. The lowest BCUT2D eigenvalue weighted by Gasteiger charge is -2.02. The third-order valence-electron chi connectivity index (χ3n) is 1.72. The maximum Gasteiger partial charge on any atom is 0.0207 e. The Labute approximate surface area is 76.8 Å². The molecule has 0 fully saturated rings. The highest BCUT2D eigenvalue weighted by Crippen LogP contribution is 2.19. The first kappa shape index (κ1) is 8.79. The predicted molar refractivity (Wildman–Crippen MR) is 52.9 cm³/mol. The molecule has 0 saturated carbocycles. The van der Waals surface area contributed by atoms with Crippen molar-refractivity contribution >= 4 is 15.9 Å². The van der Waals surface area contributed by atoms with E-state index in [0.717, 1.165) is 0 Å². The Hall–Kier alpha value is -0.300. The number of halogens is 1. The van der Waals surface area contributed by atoms with Gasteiger partial charge in [0.15, 0.2) is 0 Å². The van der Waals surface area contributed by atoms with E-state index in [2.05, 4.69) is 48.0 Å². The first-order valence-corrected chi connectivity index (χ1v) is 4.78. The summed E-state index contributed by atoms with van der Waals surface area (Å²) in [5.41, 5.74) is 2.77. The average Bonchev–Trinajstić information content (AvgIpc) is 1.98. The van der Waals surface area contributed by atoms with Crippen LogP contribution in [0.3, 0.4) is 0 Å². The molecule has 1 aromatic carbocycles. The Morgan fingerprint density at radius 1 is 1.36 bits per heavy atom. The Kier molecular flexibility index (Phi) is 3.13. The van der Waals surface area contributed by atoms with E-state index in [-0.39, 0.29) is 0 Å². The van der Waals surface area contributed by atoms with E-state index in [1.807, 2.05) is 0 Å². The lowest BCUT2D eigenvalue weighted by molar-refractivity contribution is 0.915. The Morgan fingerprint density at radius 2 is 2.09 bits per heavy atom. The van der Waals surface area contributed by atoms with Crippen molar-refractivity contribution in [1.29, 1.82) is 0 Å². The quantitative estimate of drug-likeness (QED) is 0.702. The van der Waals surface area contributed by atoms with Crippen molar-refractivity contribution in [2.75, 3.05) is 0 Å². The van der Waals surface area contributed by atoms with E-state index in [9.17, 15) is 0 Å². The third kappa shape index (κ3) is 2.33. The summed E-state index contributed by atoms with van der Waals surface area (Å²) in [6.45, 7) is 4.33. The SMILES string of the molecule is CCCc1cc(C)ccc1Br. The number of hydrogen-bond donors (Lipinski definition) is 0. The van der Waals surface area contributed by atoms with Gasteiger partial charge in [0.25, 0.3) is 0 Å². The van der Waals surface area contributed by atoms with Crippen molar-refractivity contribution in [3.63, 3.8) is 0 Å². The summed E-state index contributed by atoms with van der Waals surface area (Å²) in [6.07, 6.45) is 2.38. The number of rotatable bonds is 2. The molecule has 0 aromatic heterocycles. The summed E-state index contributed by atoms with van der Waals surface area (Å²) in [5, 5.41) is 0. The molecule has 0 atom stereocenters. The Morgan fingerprint density at radius 3 is 2.73 bits per heavy atom. The van der Waals surface area contributed by atoms with Crippen LogP contribution in [0.15, 0.2) is 22.7 Å². The average molecular weight is 213 g/mol. The van der Waals surface area contributed by atoms with Gasteiger partial charge in [0.05, 0.1) is 0 Å². The van der Waals surface area contributed by atoms with Crippen LogP contribution in [0.1, 0.15) is 24.5 Å². The highest BCUT2D eigenvalue weighted by molar-refractivity contribution is 9.10. The largest absolute Gasteiger partial charge is 0.0651 e. The second-order valence-corrected chi connectivity index (χ2v) is 3.70. The summed E-state index contributed by atoms with van der Waals surface area (Å²) in [7, 11) is 0. The lowest BCUT2D eigenvalue weighted by Crippen LogP contribution is -1.85. The minimum atomic E-state index is 1.17. The van der Waals surface area contributed by atoms with Crippen molar-refractivity contribution in [2.45, 2.75) is 26.7 Å². The second-order valence-electron chi connectivity index (χ2n) is 2.84. The fraction of sp³-hybridized carbons (Fsp3) is 0.400. The summed E-state index contributed by atoms with van der Waals surface area (Å²) in [4.78, 5) is 0. The highest BCUT2D eigenvalue weighted by Gasteiger charge is 1.97. The standard InChI is InChI=1S/C10H13Br/c1-3-4-9-7-8(2)5-6-10(9)11/h5-7H,3-4H2,1-2H3. The number of hydrogen-bond acceptors (Lipinski definition) is 0. The molecule has 0 nitrogen and oxygen atoms in total. The molecule has 0 saturated heterocycles. The van der Waals surface area contributed by atoms with E-state index in [1.165, 1.54) is 28.4 Å². The van der Waals surface area contributed by atoms with Crippen LogP contribution >= 0.6 is 15.9 Å². The summed E-state index contributed by atoms with van der Waals surface area (Å²) >= 11 is 3.53. The summed E-state index contributed by atoms with van der Waals surface area (Å²) in [5.74, 6) is 0. The second kappa shape index (κ2) is 3.91. The molecule has 0 heterocycles. The summed E-state index contributed by atoms with van der Waals surface area (Å²) in [6, 6.07) is 6.50. The molecule has 11 heavy (non-hydrogen) atoms. The zero-order valence-corrected chi connectivity index (χ0v) is 8.61. The Balaban J connectivity index is 2.93. The smallest absolute Gasteiger partial charge is 0.0207 e. The van der Waals surface area contributed by atoms with E-state index in [4.69, 9.17) is 0 Å². The highest BCUT2D eigenvalue weighted by atomic mass is 79.9. The molecule has 1 heteroatoms. The molecule has 0 N–H and O–H groups in total. The van der Waals surface area contributed by atoms with Gasteiger partial charge in [-0.25, -0.2) is 0 Å². The first-order chi connectivity index (χ1) is 5.24.